The molecule has 0 aliphatic rings. The molecule has 0 bridgehead atoms. The van der Waals surface area contributed by atoms with Crippen molar-refractivity contribution < 1.29 is 18.7 Å². The van der Waals surface area contributed by atoms with Gasteiger partial charge in [-0.2, -0.15) is 0 Å². The van der Waals surface area contributed by atoms with Gasteiger partial charge < -0.3 is 10.8 Å². The van der Waals surface area contributed by atoms with Gasteiger partial charge in [0, 0.05) is 12.6 Å². The summed E-state index contributed by atoms with van der Waals surface area (Å²) in [4.78, 5) is 11.8. The van der Waals surface area contributed by atoms with E-state index in [1.165, 1.54) is 0 Å². The van der Waals surface area contributed by atoms with Crippen LogP contribution in [0.3, 0.4) is 0 Å². The van der Waals surface area contributed by atoms with Gasteiger partial charge in [0.2, 0.25) is 0 Å². The first-order chi connectivity index (χ1) is 9.98. The van der Waals surface area contributed by atoms with Gasteiger partial charge in [0.1, 0.15) is 17.0 Å². The molecule has 3 N–H and O–H groups in total. The lowest BCUT2D eigenvalue weighted by molar-refractivity contribution is -0.143. The summed E-state index contributed by atoms with van der Waals surface area (Å²) in [5, 5.41) is 9.61. The molecule has 2 rings (SSSR count). The van der Waals surface area contributed by atoms with Crippen LogP contribution in [-0.2, 0) is 16.6 Å². The summed E-state index contributed by atoms with van der Waals surface area (Å²) in [5.74, 6) is -2.61. The molecule has 0 spiro atoms. The minimum absolute atomic E-state index is 0.0858. The molecular weight excluding hydrogens is 276 g/mol. The van der Waals surface area contributed by atoms with Crippen LogP contribution in [0.25, 0.3) is 0 Å². The number of hydrogen-bond acceptors (Lipinski definition) is 2. The molecule has 5 heteroatoms. The number of nitrogens with two attached hydrogens (primary N) is 1. The molecule has 0 saturated carbocycles. The zero-order chi connectivity index (χ0) is 15.5. The van der Waals surface area contributed by atoms with Gasteiger partial charge in [-0.05, 0) is 29.7 Å². The minimum atomic E-state index is -1.42. The van der Waals surface area contributed by atoms with E-state index >= 15 is 0 Å². The lowest BCUT2D eigenvalue weighted by atomic mass is 9.75. The van der Waals surface area contributed by atoms with E-state index in [9.17, 15) is 18.7 Å². The Hall–Kier alpha value is -2.27. The van der Waals surface area contributed by atoms with Gasteiger partial charge in [0.05, 0.1) is 0 Å². The number of hydrogen-bond donors (Lipinski definition) is 2. The Morgan fingerprint density at radius 1 is 1.10 bits per heavy atom. The second-order valence-electron chi connectivity index (χ2n) is 4.91. The predicted molar refractivity (Wildman–Crippen MR) is 74.9 cm³/mol. The third-order valence-electron chi connectivity index (χ3n) is 3.51. The number of carboxylic acid groups (broad SMARTS) is 1. The molecule has 0 aliphatic heterocycles. The maximum Gasteiger partial charge on any atom is 0.315 e. The Balaban J connectivity index is 2.49. The standard InChI is InChI=1S/C16H15F2NO2/c17-13-6-11(7-14(18)8-13)9-16(10-19,15(20)21)12-4-2-1-3-5-12/h1-8H,9-10,19H2,(H,20,21). The fraction of sp³-hybridized carbons (Fsp3) is 0.188. The van der Waals surface area contributed by atoms with Gasteiger partial charge in [0.25, 0.3) is 0 Å². The van der Waals surface area contributed by atoms with Crippen molar-refractivity contribution in [2.75, 3.05) is 6.54 Å². The summed E-state index contributed by atoms with van der Waals surface area (Å²) in [7, 11) is 0. The van der Waals surface area contributed by atoms with Crippen molar-refractivity contribution in [2.45, 2.75) is 11.8 Å². The fourth-order valence-electron chi connectivity index (χ4n) is 2.40. The monoisotopic (exact) mass is 291 g/mol. The van der Waals surface area contributed by atoms with Crippen LogP contribution < -0.4 is 5.73 Å². The number of carbonyl (C=O) groups is 1. The average molecular weight is 291 g/mol. The molecule has 0 radical (unpaired) electrons. The summed E-state index contributed by atoms with van der Waals surface area (Å²) in [5.41, 5.74) is 5.04. The number of aliphatic carboxylic acids is 1. The molecule has 0 amide bonds. The van der Waals surface area contributed by atoms with E-state index in [4.69, 9.17) is 5.73 Å². The van der Waals surface area contributed by atoms with Gasteiger partial charge >= 0.3 is 5.97 Å². The van der Waals surface area contributed by atoms with E-state index in [2.05, 4.69) is 0 Å². The zero-order valence-electron chi connectivity index (χ0n) is 11.2. The van der Waals surface area contributed by atoms with Crippen LogP contribution in [0.1, 0.15) is 11.1 Å². The van der Waals surface area contributed by atoms with Crippen LogP contribution in [0, 0.1) is 11.6 Å². The van der Waals surface area contributed by atoms with Crippen molar-refractivity contribution >= 4 is 5.97 Å². The smallest absolute Gasteiger partial charge is 0.315 e. The number of rotatable bonds is 5. The second kappa shape index (κ2) is 6.01. The Morgan fingerprint density at radius 2 is 1.67 bits per heavy atom. The van der Waals surface area contributed by atoms with Crippen molar-refractivity contribution in [2.24, 2.45) is 5.73 Å². The lowest BCUT2D eigenvalue weighted by Gasteiger charge is -2.28. The van der Waals surface area contributed by atoms with Crippen LogP contribution in [0.2, 0.25) is 0 Å². The van der Waals surface area contributed by atoms with Gasteiger partial charge in [-0.15, -0.1) is 0 Å². The van der Waals surface area contributed by atoms with E-state index in [0.29, 0.717) is 5.56 Å². The maximum absolute atomic E-state index is 13.3. The highest BCUT2D eigenvalue weighted by Crippen LogP contribution is 2.29. The molecule has 0 heterocycles. The van der Waals surface area contributed by atoms with E-state index in [-0.39, 0.29) is 18.5 Å². The SMILES string of the molecule is NCC(Cc1cc(F)cc(F)c1)(C(=O)O)c1ccccc1. The largest absolute Gasteiger partial charge is 0.481 e. The number of halogens is 2. The summed E-state index contributed by atoms with van der Waals surface area (Å²) < 4.78 is 26.6. The Labute approximate surface area is 121 Å². The van der Waals surface area contributed by atoms with Crippen LogP contribution in [-0.4, -0.2) is 17.6 Å². The van der Waals surface area contributed by atoms with Crippen molar-refractivity contribution in [3.05, 3.63) is 71.3 Å². The van der Waals surface area contributed by atoms with Gasteiger partial charge in [0.15, 0.2) is 0 Å². The van der Waals surface area contributed by atoms with Crippen LogP contribution in [0.15, 0.2) is 48.5 Å². The molecule has 0 aliphatic carbocycles. The van der Waals surface area contributed by atoms with Crippen LogP contribution >= 0.6 is 0 Å². The second-order valence-corrected chi connectivity index (χ2v) is 4.91. The highest BCUT2D eigenvalue weighted by molar-refractivity contribution is 5.82. The Kier molecular flexibility index (Phi) is 4.33. The molecule has 21 heavy (non-hydrogen) atoms. The average Bonchev–Trinajstić information content (AvgIpc) is 2.44. The van der Waals surface area contributed by atoms with E-state index < -0.39 is 23.0 Å². The van der Waals surface area contributed by atoms with Gasteiger partial charge in [-0.1, -0.05) is 30.3 Å². The molecule has 110 valence electrons. The van der Waals surface area contributed by atoms with E-state index in [0.717, 1.165) is 18.2 Å². The zero-order valence-corrected chi connectivity index (χ0v) is 11.2. The number of benzene rings is 2. The van der Waals surface area contributed by atoms with Crippen molar-refractivity contribution in [3.8, 4) is 0 Å². The predicted octanol–water partition coefficient (Wildman–Crippen LogP) is 2.49. The molecule has 2 aromatic carbocycles. The summed E-state index contributed by atoms with van der Waals surface area (Å²) in [6.07, 6.45) is -0.0858. The quantitative estimate of drug-likeness (QED) is 0.889. The first-order valence-corrected chi connectivity index (χ1v) is 6.42. The normalized spacial score (nSPS) is 13.7. The van der Waals surface area contributed by atoms with Crippen LogP contribution in [0.4, 0.5) is 8.78 Å². The first kappa shape index (κ1) is 15.1. The van der Waals surface area contributed by atoms with E-state index in [1.54, 1.807) is 30.3 Å². The maximum atomic E-state index is 13.3. The third kappa shape index (κ3) is 3.08. The fourth-order valence-corrected chi connectivity index (χ4v) is 2.40. The highest BCUT2D eigenvalue weighted by atomic mass is 19.1. The van der Waals surface area contributed by atoms with Crippen molar-refractivity contribution in [3.63, 3.8) is 0 Å². The highest BCUT2D eigenvalue weighted by Gasteiger charge is 2.39. The summed E-state index contributed by atoms with van der Waals surface area (Å²) >= 11 is 0. The summed E-state index contributed by atoms with van der Waals surface area (Å²) in [6, 6.07) is 11.5. The first-order valence-electron chi connectivity index (χ1n) is 6.42. The van der Waals surface area contributed by atoms with Gasteiger partial charge in [-0.3, -0.25) is 4.79 Å². The number of carboxylic acids is 1. The third-order valence-corrected chi connectivity index (χ3v) is 3.51. The topological polar surface area (TPSA) is 63.3 Å². The molecule has 3 nitrogen and oxygen atoms in total. The van der Waals surface area contributed by atoms with E-state index in [1.807, 2.05) is 0 Å². The minimum Gasteiger partial charge on any atom is -0.481 e. The lowest BCUT2D eigenvalue weighted by Crippen LogP contribution is -2.45. The molecule has 1 unspecified atom stereocenters. The Morgan fingerprint density at radius 3 is 2.14 bits per heavy atom. The summed E-state index contributed by atoms with van der Waals surface area (Å²) in [6.45, 7) is -0.176. The van der Waals surface area contributed by atoms with Crippen molar-refractivity contribution in [1.82, 2.24) is 0 Å². The molecule has 1 atom stereocenters. The van der Waals surface area contributed by atoms with Crippen LogP contribution in [0.5, 0.6) is 0 Å². The van der Waals surface area contributed by atoms with Gasteiger partial charge in [-0.25, -0.2) is 8.78 Å². The molecule has 0 saturated heterocycles. The Bertz CT molecular complexity index is 626. The molecular formula is C16H15F2NO2. The molecule has 0 aromatic heterocycles. The molecule has 2 aromatic rings. The molecule has 0 fully saturated rings. The van der Waals surface area contributed by atoms with Crippen molar-refractivity contribution in [1.29, 1.82) is 0 Å².